The van der Waals surface area contributed by atoms with Gasteiger partial charge in [-0.1, -0.05) is 6.92 Å². The molecule has 1 N–H and O–H groups in total. The van der Waals surface area contributed by atoms with Gasteiger partial charge in [0.25, 0.3) is 0 Å². The molecule has 2 aliphatic heterocycles. The minimum absolute atomic E-state index is 0.514. The second-order valence-corrected chi connectivity index (χ2v) is 5.53. The standard InChI is InChI=1S/C13H23N5O/c1-2-3-14-12-9-19-8-11(12)6-17-4-5-18-10-15-16-13(18)7-17/h10-12,14H,2-9H2,1H3. The second kappa shape index (κ2) is 5.98. The summed E-state index contributed by atoms with van der Waals surface area (Å²) in [7, 11) is 0. The molecule has 1 aromatic rings. The average molecular weight is 265 g/mol. The van der Waals surface area contributed by atoms with Gasteiger partial charge in [-0.3, -0.25) is 4.90 Å². The molecule has 0 radical (unpaired) electrons. The van der Waals surface area contributed by atoms with Crippen LogP contribution < -0.4 is 5.32 Å². The molecule has 0 spiro atoms. The van der Waals surface area contributed by atoms with Crippen LogP contribution >= 0.6 is 0 Å². The number of nitrogens with one attached hydrogen (secondary N) is 1. The van der Waals surface area contributed by atoms with Crippen molar-refractivity contribution >= 4 is 0 Å². The van der Waals surface area contributed by atoms with Crippen molar-refractivity contribution in [1.82, 2.24) is 25.0 Å². The lowest BCUT2D eigenvalue weighted by Gasteiger charge is -2.30. The number of aromatic nitrogens is 3. The monoisotopic (exact) mass is 265 g/mol. The van der Waals surface area contributed by atoms with E-state index in [-0.39, 0.29) is 0 Å². The van der Waals surface area contributed by atoms with Crippen LogP contribution in [0.5, 0.6) is 0 Å². The van der Waals surface area contributed by atoms with E-state index < -0.39 is 0 Å². The maximum absolute atomic E-state index is 5.64. The van der Waals surface area contributed by atoms with Gasteiger partial charge < -0.3 is 14.6 Å². The van der Waals surface area contributed by atoms with E-state index in [1.54, 1.807) is 0 Å². The van der Waals surface area contributed by atoms with E-state index in [2.05, 4.69) is 31.9 Å². The molecule has 1 fully saturated rings. The largest absolute Gasteiger partial charge is 0.379 e. The summed E-state index contributed by atoms with van der Waals surface area (Å²) in [6.07, 6.45) is 3.01. The first kappa shape index (κ1) is 13.0. The highest BCUT2D eigenvalue weighted by Gasteiger charge is 2.30. The fourth-order valence-electron chi connectivity index (χ4n) is 2.94. The Morgan fingerprint density at radius 2 is 2.37 bits per heavy atom. The first-order valence-electron chi connectivity index (χ1n) is 7.27. The van der Waals surface area contributed by atoms with Gasteiger partial charge in [0.1, 0.15) is 12.2 Å². The summed E-state index contributed by atoms with van der Waals surface area (Å²) in [5.74, 6) is 1.68. The van der Waals surface area contributed by atoms with Gasteiger partial charge in [-0.2, -0.15) is 0 Å². The van der Waals surface area contributed by atoms with Crippen molar-refractivity contribution in [2.45, 2.75) is 32.5 Å². The predicted octanol–water partition coefficient (Wildman–Crippen LogP) is 0.108. The van der Waals surface area contributed by atoms with E-state index in [4.69, 9.17) is 4.74 Å². The van der Waals surface area contributed by atoms with Gasteiger partial charge in [-0.15, -0.1) is 10.2 Å². The number of fused-ring (bicyclic) bond motifs is 1. The van der Waals surface area contributed by atoms with Crippen LogP contribution in [0.4, 0.5) is 0 Å². The SMILES string of the molecule is CCCNC1COCC1CN1CCn2cnnc2C1. The third-order valence-electron chi connectivity index (χ3n) is 4.07. The van der Waals surface area contributed by atoms with E-state index in [1.807, 2.05) is 6.33 Å². The van der Waals surface area contributed by atoms with Crippen molar-refractivity contribution < 1.29 is 4.74 Å². The number of rotatable bonds is 5. The van der Waals surface area contributed by atoms with Crippen LogP contribution in [0.2, 0.25) is 0 Å². The van der Waals surface area contributed by atoms with Crippen LogP contribution in [-0.2, 0) is 17.8 Å². The Kier molecular flexibility index (Phi) is 4.10. The zero-order chi connectivity index (χ0) is 13.1. The Morgan fingerprint density at radius 3 is 3.26 bits per heavy atom. The zero-order valence-electron chi connectivity index (χ0n) is 11.6. The van der Waals surface area contributed by atoms with Gasteiger partial charge in [0.2, 0.25) is 0 Å². The molecule has 6 nitrogen and oxygen atoms in total. The van der Waals surface area contributed by atoms with Crippen LogP contribution in [0.3, 0.4) is 0 Å². The Labute approximate surface area is 114 Å². The number of ether oxygens (including phenoxy) is 1. The lowest BCUT2D eigenvalue weighted by atomic mass is 10.0. The highest BCUT2D eigenvalue weighted by molar-refractivity contribution is 4.92. The summed E-state index contributed by atoms with van der Waals surface area (Å²) in [6.45, 7) is 9.11. The van der Waals surface area contributed by atoms with Crippen molar-refractivity contribution in [2.24, 2.45) is 5.92 Å². The van der Waals surface area contributed by atoms with Crippen LogP contribution in [0.25, 0.3) is 0 Å². The molecule has 2 atom stereocenters. The lowest BCUT2D eigenvalue weighted by Crippen LogP contribution is -2.44. The highest BCUT2D eigenvalue weighted by Crippen LogP contribution is 2.18. The molecule has 1 aromatic heterocycles. The van der Waals surface area contributed by atoms with E-state index in [9.17, 15) is 0 Å². The van der Waals surface area contributed by atoms with E-state index in [0.717, 1.165) is 51.8 Å². The van der Waals surface area contributed by atoms with Gasteiger partial charge in [-0.05, 0) is 13.0 Å². The van der Waals surface area contributed by atoms with Crippen molar-refractivity contribution in [1.29, 1.82) is 0 Å². The Hall–Kier alpha value is -0.980. The van der Waals surface area contributed by atoms with Gasteiger partial charge in [-0.25, -0.2) is 0 Å². The summed E-state index contributed by atoms with van der Waals surface area (Å²) in [5.41, 5.74) is 0. The summed E-state index contributed by atoms with van der Waals surface area (Å²) in [5, 5.41) is 11.7. The Bertz CT molecular complexity index is 407. The molecule has 3 heterocycles. The Balaban J connectivity index is 1.54. The normalized spacial score (nSPS) is 27.6. The maximum atomic E-state index is 5.64. The van der Waals surface area contributed by atoms with Crippen molar-refractivity contribution in [3.05, 3.63) is 12.2 Å². The van der Waals surface area contributed by atoms with Crippen LogP contribution in [0.1, 0.15) is 19.2 Å². The van der Waals surface area contributed by atoms with Crippen molar-refractivity contribution in [3.63, 3.8) is 0 Å². The smallest absolute Gasteiger partial charge is 0.147 e. The minimum atomic E-state index is 0.514. The maximum Gasteiger partial charge on any atom is 0.147 e. The van der Waals surface area contributed by atoms with E-state index >= 15 is 0 Å². The lowest BCUT2D eigenvalue weighted by molar-refractivity contribution is 0.152. The first-order valence-corrected chi connectivity index (χ1v) is 7.27. The first-order chi connectivity index (χ1) is 9.36. The fourth-order valence-corrected chi connectivity index (χ4v) is 2.94. The molecule has 1 saturated heterocycles. The van der Waals surface area contributed by atoms with Gasteiger partial charge in [0.15, 0.2) is 0 Å². The van der Waals surface area contributed by atoms with Crippen molar-refractivity contribution in [2.75, 3.05) is 32.8 Å². The molecule has 6 heteroatoms. The average Bonchev–Trinajstić information content (AvgIpc) is 3.05. The van der Waals surface area contributed by atoms with Gasteiger partial charge >= 0.3 is 0 Å². The molecule has 106 valence electrons. The third-order valence-corrected chi connectivity index (χ3v) is 4.07. The molecule has 0 bridgehead atoms. The molecule has 19 heavy (non-hydrogen) atoms. The molecule has 0 saturated carbocycles. The second-order valence-electron chi connectivity index (χ2n) is 5.53. The number of hydrogen-bond acceptors (Lipinski definition) is 5. The molecule has 0 aromatic carbocycles. The third kappa shape index (κ3) is 2.96. The van der Waals surface area contributed by atoms with E-state index in [0.29, 0.717) is 12.0 Å². The molecule has 0 amide bonds. The van der Waals surface area contributed by atoms with Crippen LogP contribution in [0.15, 0.2) is 6.33 Å². The summed E-state index contributed by atoms with van der Waals surface area (Å²) in [4.78, 5) is 2.48. The summed E-state index contributed by atoms with van der Waals surface area (Å²) in [6, 6.07) is 0.514. The van der Waals surface area contributed by atoms with Gasteiger partial charge in [0, 0.05) is 31.6 Å². The molecule has 3 rings (SSSR count). The minimum Gasteiger partial charge on any atom is -0.379 e. The van der Waals surface area contributed by atoms with Crippen LogP contribution in [-0.4, -0.2) is 58.6 Å². The summed E-state index contributed by atoms with van der Waals surface area (Å²) < 4.78 is 7.79. The number of nitrogens with zero attached hydrogens (tertiary/aromatic N) is 4. The zero-order valence-corrected chi connectivity index (χ0v) is 11.6. The Morgan fingerprint density at radius 1 is 1.42 bits per heavy atom. The summed E-state index contributed by atoms with van der Waals surface area (Å²) >= 11 is 0. The van der Waals surface area contributed by atoms with E-state index in [1.165, 1.54) is 6.42 Å². The van der Waals surface area contributed by atoms with Crippen molar-refractivity contribution in [3.8, 4) is 0 Å². The quantitative estimate of drug-likeness (QED) is 0.819. The fraction of sp³-hybridized carbons (Fsp3) is 0.846. The van der Waals surface area contributed by atoms with Crippen LogP contribution in [0, 0.1) is 5.92 Å². The molecular weight excluding hydrogens is 242 g/mol. The number of hydrogen-bond donors (Lipinski definition) is 1. The molecule has 0 aliphatic carbocycles. The topological polar surface area (TPSA) is 55.2 Å². The molecule has 2 aliphatic rings. The molecular formula is C13H23N5O. The van der Waals surface area contributed by atoms with Gasteiger partial charge in [0.05, 0.1) is 19.8 Å². The predicted molar refractivity (Wildman–Crippen MR) is 71.7 cm³/mol. The highest BCUT2D eigenvalue weighted by atomic mass is 16.5. The molecule has 2 unspecified atom stereocenters.